The molecule has 0 bridgehead atoms. The predicted molar refractivity (Wildman–Crippen MR) is 74.1 cm³/mol. The van der Waals surface area contributed by atoms with E-state index in [9.17, 15) is 4.79 Å². The predicted octanol–water partition coefficient (Wildman–Crippen LogP) is 3.13. The number of ether oxygens (including phenoxy) is 1. The highest BCUT2D eigenvalue weighted by molar-refractivity contribution is 5.85. The molecule has 3 nitrogen and oxygen atoms in total. The van der Waals surface area contributed by atoms with Crippen LogP contribution in [0.5, 0.6) is 0 Å². The molecule has 0 aromatic rings. The van der Waals surface area contributed by atoms with Crippen LogP contribution in [0.15, 0.2) is 23.4 Å². The molecule has 0 aromatic heterocycles. The van der Waals surface area contributed by atoms with Gasteiger partial charge in [0.1, 0.15) is 0 Å². The molecule has 0 saturated carbocycles. The van der Waals surface area contributed by atoms with Gasteiger partial charge in [-0.3, -0.25) is 4.79 Å². The summed E-state index contributed by atoms with van der Waals surface area (Å²) in [5.74, 6) is 0.119. The van der Waals surface area contributed by atoms with Crippen LogP contribution >= 0.6 is 0 Å². The van der Waals surface area contributed by atoms with Gasteiger partial charge in [0.2, 0.25) is 5.91 Å². The Kier molecular flexibility index (Phi) is 4.74. The molecule has 1 amide bonds. The van der Waals surface area contributed by atoms with Crippen molar-refractivity contribution in [1.82, 2.24) is 4.90 Å². The molecule has 0 fully saturated rings. The summed E-state index contributed by atoms with van der Waals surface area (Å²) >= 11 is 0. The number of hydrogen-bond donors (Lipinski definition) is 0. The highest BCUT2D eigenvalue weighted by Gasteiger charge is 2.31. The van der Waals surface area contributed by atoms with E-state index in [4.69, 9.17) is 4.74 Å². The van der Waals surface area contributed by atoms with E-state index in [-0.39, 0.29) is 12.0 Å². The third kappa shape index (κ3) is 3.45. The minimum Gasteiger partial charge on any atom is -0.374 e. The summed E-state index contributed by atoms with van der Waals surface area (Å²) in [5, 5.41) is 0. The van der Waals surface area contributed by atoms with Crippen molar-refractivity contribution in [2.24, 2.45) is 5.41 Å². The fourth-order valence-corrected chi connectivity index (χ4v) is 2.14. The molecule has 1 aliphatic rings. The largest absolute Gasteiger partial charge is 0.374 e. The monoisotopic (exact) mass is 251 g/mol. The third-order valence-corrected chi connectivity index (χ3v) is 3.12. The Morgan fingerprint density at radius 2 is 1.94 bits per heavy atom. The van der Waals surface area contributed by atoms with Crippen molar-refractivity contribution in [3.8, 4) is 0 Å². The van der Waals surface area contributed by atoms with Crippen LogP contribution in [-0.4, -0.2) is 30.6 Å². The zero-order chi connectivity index (χ0) is 13.9. The molecule has 1 heterocycles. The Bertz CT molecular complexity index is 378. The highest BCUT2D eigenvalue weighted by Crippen LogP contribution is 2.30. The minimum atomic E-state index is -0.448. The van der Waals surface area contributed by atoms with Crippen molar-refractivity contribution in [2.75, 3.05) is 13.7 Å². The summed E-state index contributed by atoms with van der Waals surface area (Å²) in [6.45, 7) is 10.6. The lowest BCUT2D eigenvalue weighted by molar-refractivity contribution is -0.134. The van der Waals surface area contributed by atoms with E-state index in [0.717, 1.165) is 12.0 Å². The van der Waals surface area contributed by atoms with Crippen LogP contribution in [-0.2, 0) is 9.53 Å². The summed E-state index contributed by atoms with van der Waals surface area (Å²) in [6.07, 6.45) is 5.10. The fourth-order valence-electron chi connectivity index (χ4n) is 2.14. The molecule has 1 rings (SSSR count). The van der Waals surface area contributed by atoms with E-state index in [1.165, 1.54) is 5.57 Å². The van der Waals surface area contributed by atoms with Crippen LogP contribution in [0.3, 0.4) is 0 Å². The molecule has 18 heavy (non-hydrogen) atoms. The van der Waals surface area contributed by atoms with Gasteiger partial charge in [-0.15, -0.1) is 0 Å². The van der Waals surface area contributed by atoms with Gasteiger partial charge in [-0.1, -0.05) is 13.0 Å². The maximum atomic E-state index is 12.2. The number of amides is 1. The van der Waals surface area contributed by atoms with E-state index >= 15 is 0 Å². The minimum absolute atomic E-state index is 0.119. The van der Waals surface area contributed by atoms with E-state index in [1.807, 2.05) is 40.9 Å². The van der Waals surface area contributed by atoms with Crippen LogP contribution in [0.2, 0.25) is 0 Å². The molecule has 0 aliphatic carbocycles. The first-order valence-electron chi connectivity index (χ1n) is 6.59. The number of carbonyl (C=O) groups is 1. The van der Waals surface area contributed by atoms with Crippen molar-refractivity contribution in [3.63, 3.8) is 0 Å². The number of hydrogen-bond acceptors (Lipinski definition) is 2. The number of rotatable bonds is 4. The van der Waals surface area contributed by atoms with E-state index in [0.29, 0.717) is 6.61 Å². The van der Waals surface area contributed by atoms with Gasteiger partial charge < -0.3 is 9.64 Å². The Balaban J connectivity index is 3.05. The van der Waals surface area contributed by atoms with Crippen LogP contribution in [0.1, 0.15) is 41.0 Å². The lowest BCUT2D eigenvalue weighted by Crippen LogP contribution is -2.33. The van der Waals surface area contributed by atoms with Crippen LogP contribution in [0.4, 0.5) is 0 Å². The molecule has 1 aliphatic heterocycles. The SMILES string of the molecule is CCC1=CC(C)(C)C(=O)N(C)C=C1COC(C)C. The van der Waals surface area contributed by atoms with Crippen LogP contribution in [0.25, 0.3) is 0 Å². The van der Waals surface area contributed by atoms with Crippen LogP contribution in [0, 0.1) is 5.41 Å². The topological polar surface area (TPSA) is 29.5 Å². The smallest absolute Gasteiger partial charge is 0.235 e. The van der Waals surface area contributed by atoms with Gasteiger partial charge in [0.15, 0.2) is 0 Å². The molecule has 0 spiro atoms. The first-order chi connectivity index (χ1) is 8.27. The number of nitrogens with zero attached hydrogens (tertiary/aromatic N) is 1. The average Bonchev–Trinajstić information content (AvgIpc) is 2.36. The van der Waals surface area contributed by atoms with Gasteiger partial charge in [0, 0.05) is 13.2 Å². The molecule has 3 heteroatoms. The van der Waals surface area contributed by atoms with Gasteiger partial charge in [-0.2, -0.15) is 0 Å². The van der Waals surface area contributed by atoms with Crippen molar-refractivity contribution in [3.05, 3.63) is 23.4 Å². The summed E-state index contributed by atoms with van der Waals surface area (Å²) in [4.78, 5) is 13.9. The van der Waals surface area contributed by atoms with Crippen molar-refractivity contribution >= 4 is 5.91 Å². The maximum absolute atomic E-state index is 12.2. The maximum Gasteiger partial charge on any atom is 0.235 e. The molecule has 0 atom stereocenters. The molecular weight excluding hydrogens is 226 g/mol. The zero-order valence-electron chi connectivity index (χ0n) is 12.4. The Labute approximate surface area is 110 Å². The second-order valence-electron chi connectivity index (χ2n) is 5.67. The average molecular weight is 251 g/mol. The summed E-state index contributed by atoms with van der Waals surface area (Å²) in [7, 11) is 1.81. The summed E-state index contributed by atoms with van der Waals surface area (Å²) in [6, 6.07) is 0. The highest BCUT2D eigenvalue weighted by atomic mass is 16.5. The summed E-state index contributed by atoms with van der Waals surface area (Å²) < 4.78 is 5.67. The lowest BCUT2D eigenvalue weighted by Gasteiger charge is -2.22. The quantitative estimate of drug-likeness (QED) is 0.768. The lowest BCUT2D eigenvalue weighted by atomic mass is 9.88. The van der Waals surface area contributed by atoms with Crippen LogP contribution < -0.4 is 0 Å². The molecule has 0 N–H and O–H groups in total. The van der Waals surface area contributed by atoms with Gasteiger partial charge in [-0.05, 0) is 45.3 Å². The van der Waals surface area contributed by atoms with Crippen molar-refractivity contribution < 1.29 is 9.53 Å². The number of carbonyl (C=O) groups excluding carboxylic acids is 1. The first kappa shape index (κ1) is 15.0. The second kappa shape index (κ2) is 5.70. The van der Waals surface area contributed by atoms with Crippen molar-refractivity contribution in [1.29, 1.82) is 0 Å². The molecule has 102 valence electrons. The molecule has 0 unspecified atom stereocenters. The van der Waals surface area contributed by atoms with Gasteiger partial charge in [0.05, 0.1) is 18.1 Å². The van der Waals surface area contributed by atoms with Crippen molar-refractivity contribution in [2.45, 2.75) is 47.1 Å². The normalized spacial score (nSPS) is 19.7. The molecular formula is C15H25NO2. The Hall–Kier alpha value is -1.09. The third-order valence-electron chi connectivity index (χ3n) is 3.12. The zero-order valence-corrected chi connectivity index (χ0v) is 12.4. The first-order valence-corrected chi connectivity index (χ1v) is 6.59. The summed E-state index contributed by atoms with van der Waals surface area (Å²) in [5.41, 5.74) is 1.86. The Morgan fingerprint density at radius 3 is 2.44 bits per heavy atom. The second-order valence-corrected chi connectivity index (χ2v) is 5.67. The van der Waals surface area contributed by atoms with Gasteiger partial charge in [-0.25, -0.2) is 0 Å². The Morgan fingerprint density at radius 1 is 1.33 bits per heavy atom. The van der Waals surface area contributed by atoms with E-state index in [1.54, 1.807) is 4.90 Å². The van der Waals surface area contributed by atoms with E-state index < -0.39 is 5.41 Å². The standard InChI is InChI=1S/C15H25NO2/c1-7-12-8-15(4,5)14(17)16(6)9-13(12)10-18-11(2)3/h8-9,11H,7,10H2,1-6H3. The molecule has 0 aromatic carbocycles. The van der Waals surface area contributed by atoms with Gasteiger partial charge >= 0.3 is 0 Å². The van der Waals surface area contributed by atoms with E-state index in [2.05, 4.69) is 13.0 Å². The molecule has 0 saturated heterocycles. The fraction of sp³-hybridized carbons (Fsp3) is 0.667. The van der Waals surface area contributed by atoms with Gasteiger partial charge in [0.25, 0.3) is 0 Å². The molecule has 0 radical (unpaired) electrons.